The van der Waals surface area contributed by atoms with Gasteiger partial charge in [0.25, 0.3) is 0 Å². The Morgan fingerprint density at radius 3 is 2.93 bits per heavy atom. The van der Waals surface area contributed by atoms with E-state index in [1.54, 1.807) is 12.4 Å². The number of nitrogens with zero attached hydrogens (tertiary/aromatic N) is 5. The Labute approximate surface area is 165 Å². The normalized spacial score (nSPS) is 21.0. The number of aromatic nitrogens is 3. The Balaban J connectivity index is 1.27. The number of morpholine rings is 1. The number of anilines is 1. The molecular formula is C20H28N6O2. The quantitative estimate of drug-likeness (QED) is 0.746. The summed E-state index contributed by atoms with van der Waals surface area (Å²) < 4.78 is 5.37. The van der Waals surface area contributed by atoms with Gasteiger partial charge in [0.05, 0.1) is 31.0 Å². The van der Waals surface area contributed by atoms with E-state index in [-0.39, 0.29) is 11.8 Å². The maximum absolute atomic E-state index is 12.6. The number of amides is 1. The topological polar surface area (TPSA) is 83.5 Å². The lowest BCUT2D eigenvalue weighted by atomic mass is 9.96. The van der Waals surface area contributed by atoms with Crippen molar-refractivity contribution in [3.05, 3.63) is 24.7 Å². The van der Waals surface area contributed by atoms with Crippen molar-refractivity contribution in [3.8, 4) is 0 Å². The number of hydrogen-bond acceptors (Lipinski definition) is 7. The van der Waals surface area contributed by atoms with Crippen molar-refractivity contribution in [2.75, 3.05) is 57.4 Å². The molecule has 0 bridgehead atoms. The summed E-state index contributed by atoms with van der Waals surface area (Å²) >= 11 is 0. The molecule has 0 spiro atoms. The number of rotatable bonds is 6. The summed E-state index contributed by atoms with van der Waals surface area (Å²) in [5.74, 6) is 0.190. The van der Waals surface area contributed by atoms with Crippen LogP contribution in [0.5, 0.6) is 0 Å². The Kier molecular flexibility index (Phi) is 6.28. The number of hydrogen-bond donors (Lipinski definition) is 1. The van der Waals surface area contributed by atoms with Gasteiger partial charge in [-0.3, -0.25) is 14.7 Å². The Bertz CT molecular complexity index is 795. The lowest BCUT2D eigenvalue weighted by molar-refractivity contribution is -0.125. The predicted octanol–water partition coefficient (Wildman–Crippen LogP) is 1.08. The number of carbonyl (C=O) groups excluding carboxylic acids is 1. The van der Waals surface area contributed by atoms with Crippen LogP contribution in [0.4, 0.5) is 5.69 Å². The first-order valence-electron chi connectivity index (χ1n) is 10.2. The van der Waals surface area contributed by atoms with Crippen LogP contribution in [0.25, 0.3) is 11.2 Å². The Hall–Kier alpha value is -2.32. The molecule has 2 aliphatic heterocycles. The van der Waals surface area contributed by atoms with Crippen molar-refractivity contribution in [2.45, 2.75) is 19.3 Å². The van der Waals surface area contributed by atoms with E-state index in [4.69, 9.17) is 4.74 Å². The van der Waals surface area contributed by atoms with Gasteiger partial charge in [0, 0.05) is 45.1 Å². The van der Waals surface area contributed by atoms with Crippen LogP contribution < -0.4 is 10.2 Å². The first-order valence-corrected chi connectivity index (χ1v) is 10.2. The molecule has 150 valence electrons. The smallest absolute Gasteiger partial charge is 0.224 e. The minimum absolute atomic E-state index is 0.0229. The maximum Gasteiger partial charge on any atom is 0.224 e. The number of carbonyl (C=O) groups is 1. The van der Waals surface area contributed by atoms with E-state index in [0.29, 0.717) is 5.65 Å². The van der Waals surface area contributed by atoms with E-state index in [9.17, 15) is 4.79 Å². The summed E-state index contributed by atoms with van der Waals surface area (Å²) in [7, 11) is 0. The van der Waals surface area contributed by atoms with Crippen LogP contribution in [0.1, 0.15) is 19.3 Å². The molecule has 1 unspecified atom stereocenters. The molecule has 1 amide bonds. The maximum atomic E-state index is 12.6. The highest BCUT2D eigenvalue weighted by atomic mass is 16.5. The largest absolute Gasteiger partial charge is 0.379 e. The predicted molar refractivity (Wildman–Crippen MR) is 107 cm³/mol. The molecule has 2 aliphatic rings. The molecule has 0 saturated carbocycles. The van der Waals surface area contributed by atoms with Crippen molar-refractivity contribution in [1.82, 2.24) is 25.2 Å². The van der Waals surface area contributed by atoms with Crippen LogP contribution in [0.2, 0.25) is 0 Å². The second kappa shape index (κ2) is 9.25. The van der Waals surface area contributed by atoms with Crippen molar-refractivity contribution >= 4 is 22.8 Å². The lowest BCUT2D eigenvalue weighted by Gasteiger charge is -2.33. The summed E-state index contributed by atoms with van der Waals surface area (Å²) in [5.41, 5.74) is 2.45. The molecule has 4 heterocycles. The van der Waals surface area contributed by atoms with Crippen LogP contribution in [-0.4, -0.2) is 78.2 Å². The van der Waals surface area contributed by atoms with Crippen molar-refractivity contribution in [3.63, 3.8) is 0 Å². The highest BCUT2D eigenvalue weighted by Crippen LogP contribution is 2.24. The van der Waals surface area contributed by atoms with E-state index >= 15 is 0 Å². The van der Waals surface area contributed by atoms with Crippen molar-refractivity contribution in [1.29, 1.82) is 0 Å². The summed E-state index contributed by atoms with van der Waals surface area (Å²) in [5, 5.41) is 3.13. The first-order chi connectivity index (χ1) is 13.8. The molecule has 0 aliphatic carbocycles. The van der Waals surface area contributed by atoms with Gasteiger partial charge in [0.2, 0.25) is 5.91 Å². The zero-order valence-corrected chi connectivity index (χ0v) is 16.2. The Morgan fingerprint density at radius 1 is 1.18 bits per heavy atom. The van der Waals surface area contributed by atoms with E-state index in [1.165, 1.54) is 0 Å². The van der Waals surface area contributed by atoms with E-state index in [0.717, 1.165) is 82.9 Å². The van der Waals surface area contributed by atoms with Crippen molar-refractivity contribution < 1.29 is 9.53 Å². The lowest BCUT2D eigenvalue weighted by Crippen LogP contribution is -2.44. The van der Waals surface area contributed by atoms with Crippen LogP contribution in [-0.2, 0) is 9.53 Å². The highest BCUT2D eigenvalue weighted by molar-refractivity contribution is 5.80. The SMILES string of the molecule is O=C(NCCCN1CCOCC1)C1CCCN(c2cnc3nccnc3c2)C1. The number of piperidine rings is 1. The molecule has 4 rings (SSSR count). The summed E-state index contributed by atoms with van der Waals surface area (Å²) in [6, 6.07) is 2.01. The third kappa shape index (κ3) is 4.74. The monoisotopic (exact) mass is 384 g/mol. The van der Waals surface area contributed by atoms with Gasteiger partial charge >= 0.3 is 0 Å². The summed E-state index contributed by atoms with van der Waals surface area (Å²) in [6.45, 7) is 7.05. The molecule has 1 atom stereocenters. The van der Waals surface area contributed by atoms with Gasteiger partial charge < -0.3 is 15.0 Å². The van der Waals surface area contributed by atoms with Crippen LogP contribution in [0.15, 0.2) is 24.7 Å². The van der Waals surface area contributed by atoms with Gasteiger partial charge in [-0.15, -0.1) is 0 Å². The van der Waals surface area contributed by atoms with Gasteiger partial charge in [-0.1, -0.05) is 0 Å². The molecule has 2 saturated heterocycles. The fourth-order valence-corrected chi connectivity index (χ4v) is 3.93. The second-order valence-corrected chi connectivity index (χ2v) is 7.48. The highest BCUT2D eigenvalue weighted by Gasteiger charge is 2.26. The fourth-order valence-electron chi connectivity index (χ4n) is 3.93. The molecule has 8 heteroatoms. The molecule has 1 N–H and O–H groups in total. The number of nitrogens with one attached hydrogen (secondary N) is 1. The molecular weight excluding hydrogens is 356 g/mol. The van der Waals surface area contributed by atoms with Gasteiger partial charge in [0.1, 0.15) is 5.52 Å². The summed E-state index contributed by atoms with van der Waals surface area (Å²) in [4.78, 5) is 30.2. The second-order valence-electron chi connectivity index (χ2n) is 7.48. The van der Waals surface area contributed by atoms with Crippen LogP contribution in [0, 0.1) is 5.92 Å². The average Bonchev–Trinajstić information content (AvgIpc) is 2.77. The molecule has 0 radical (unpaired) electrons. The van der Waals surface area contributed by atoms with Gasteiger partial charge in [-0.05, 0) is 31.9 Å². The van der Waals surface area contributed by atoms with E-state index in [2.05, 4.69) is 30.1 Å². The number of pyridine rings is 1. The number of ether oxygens (including phenoxy) is 1. The Morgan fingerprint density at radius 2 is 2.04 bits per heavy atom. The van der Waals surface area contributed by atoms with Crippen LogP contribution >= 0.6 is 0 Å². The minimum Gasteiger partial charge on any atom is -0.379 e. The zero-order valence-electron chi connectivity index (χ0n) is 16.2. The average molecular weight is 384 g/mol. The van der Waals surface area contributed by atoms with Gasteiger partial charge in [-0.25, -0.2) is 9.97 Å². The standard InChI is InChI=1S/C20H28N6O2/c27-20(23-4-2-7-25-9-11-28-12-10-25)16-3-1-8-26(15-16)17-13-18-19(24-14-17)22-6-5-21-18/h5-6,13-14,16H,1-4,7-12,15H2,(H,23,27). The van der Waals surface area contributed by atoms with Crippen molar-refractivity contribution in [2.24, 2.45) is 5.92 Å². The summed E-state index contributed by atoms with van der Waals surface area (Å²) in [6.07, 6.45) is 8.08. The third-order valence-electron chi connectivity index (χ3n) is 5.52. The zero-order chi connectivity index (χ0) is 19.2. The van der Waals surface area contributed by atoms with Gasteiger partial charge in [-0.2, -0.15) is 0 Å². The van der Waals surface area contributed by atoms with E-state index in [1.807, 2.05) is 12.3 Å². The first kappa shape index (κ1) is 19.0. The fraction of sp³-hybridized carbons (Fsp3) is 0.600. The molecule has 2 aromatic rings. The number of fused-ring (bicyclic) bond motifs is 1. The van der Waals surface area contributed by atoms with Crippen LogP contribution in [0.3, 0.4) is 0 Å². The van der Waals surface area contributed by atoms with Gasteiger partial charge in [0.15, 0.2) is 5.65 Å². The molecule has 0 aromatic carbocycles. The molecule has 28 heavy (non-hydrogen) atoms. The third-order valence-corrected chi connectivity index (χ3v) is 5.52. The molecule has 2 fully saturated rings. The molecule has 2 aromatic heterocycles. The van der Waals surface area contributed by atoms with E-state index < -0.39 is 0 Å². The molecule has 8 nitrogen and oxygen atoms in total. The minimum atomic E-state index is 0.0229.